The van der Waals surface area contributed by atoms with E-state index in [1.165, 1.54) is 0 Å². The van der Waals surface area contributed by atoms with Crippen LogP contribution in [0.4, 0.5) is 0 Å². The summed E-state index contributed by atoms with van der Waals surface area (Å²) in [5, 5.41) is 3.14. The van der Waals surface area contributed by atoms with Gasteiger partial charge in [0.25, 0.3) is 0 Å². The Morgan fingerprint density at radius 3 is 3.19 bits per heavy atom. The van der Waals surface area contributed by atoms with Gasteiger partial charge in [-0.2, -0.15) is 0 Å². The van der Waals surface area contributed by atoms with Gasteiger partial charge in [0.15, 0.2) is 0 Å². The summed E-state index contributed by atoms with van der Waals surface area (Å²) in [6.07, 6.45) is 7.40. The van der Waals surface area contributed by atoms with Gasteiger partial charge in [0.1, 0.15) is 0 Å². The lowest BCUT2D eigenvalue weighted by molar-refractivity contribution is -0.121. The van der Waals surface area contributed by atoms with Crippen molar-refractivity contribution in [3.63, 3.8) is 0 Å². The Morgan fingerprint density at radius 2 is 2.38 bits per heavy atom. The molecule has 2 aliphatic heterocycles. The van der Waals surface area contributed by atoms with E-state index in [1.807, 2.05) is 0 Å². The monoisotopic (exact) mass is 290 g/mol. The van der Waals surface area contributed by atoms with Crippen molar-refractivity contribution in [1.29, 1.82) is 0 Å². The number of ether oxygens (including phenoxy) is 1. The van der Waals surface area contributed by atoms with Gasteiger partial charge in [0.05, 0.1) is 18.4 Å². The molecule has 1 N–H and O–H groups in total. The Labute approximate surface area is 124 Å². The number of hydrogen-bond acceptors (Lipinski definition) is 5. The average Bonchev–Trinajstić information content (AvgIpc) is 2.87. The van der Waals surface area contributed by atoms with E-state index in [2.05, 4.69) is 27.1 Å². The predicted molar refractivity (Wildman–Crippen MR) is 77.7 cm³/mol. The van der Waals surface area contributed by atoms with Crippen LogP contribution >= 0.6 is 0 Å². The first-order chi connectivity index (χ1) is 10.2. The first kappa shape index (κ1) is 14.4. The molecule has 0 bridgehead atoms. The van der Waals surface area contributed by atoms with Crippen molar-refractivity contribution < 1.29 is 9.53 Å². The zero-order chi connectivity index (χ0) is 14.7. The molecule has 6 heteroatoms. The van der Waals surface area contributed by atoms with E-state index in [9.17, 15) is 4.79 Å². The highest BCUT2D eigenvalue weighted by atomic mass is 16.5. The molecule has 6 nitrogen and oxygen atoms in total. The molecule has 2 fully saturated rings. The summed E-state index contributed by atoms with van der Waals surface area (Å²) in [6, 6.07) is 0.713. The number of rotatable bonds is 4. The second-order valence-electron chi connectivity index (χ2n) is 5.95. The highest BCUT2D eigenvalue weighted by Crippen LogP contribution is 2.23. The van der Waals surface area contributed by atoms with Crippen LogP contribution in [0.2, 0.25) is 0 Å². The van der Waals surface area contributed by atoms with Gasteiger partial charge in [-0.1, -0.05) is 0 Å². The van der Waals surface area contributed by atoms with E-state index >= 15 is 0 Å². The number of aryl methyl sites for hydroxylation is 1. The van der Waals surface area contributed by atoms with Crippen LogP contribution in [-0.2, 0) is 16.0 Å². The third-order valence-electron chi connectivity index (χ3n) is 4.18. The minimum Gasteiger partial charge on any atom is -0.376 e. The summed E-state index contributed by atoms with van der Waals surface area (Å²) >= 11 is 0. The molecule has 2 aliphatic rings. The minimum atomic E-state index is 0.0967. The van der Waals surface area contributed by atoms with Crippen LogP contribution in [0, 0.1) is 0 Å². The lowest BCUT2D eigenvalue weighted by Gasteiger charge is -2.33. The Bertz CT molecular complexity index is 482. The number of nitrogens with zero attached hydrogens (tertiary/aromatic N) is 3. The molecular weight excluding hydrogens is 268 g/mol. The Morgan fingerprint density at radius 1 is 1.48 bits per heavy atom. The number of carbonyl (C=O) groups excluding carboxylic acids is 1. The maximum atomic E-state index is 12.0. The summed E-state index contributed by atoms with van der Waals surface area (Å²) in [4.78, 5) is 22.7. The van der Waals surface area contributed by atoms with Gasteiger partial charge in [-0.15, -0.1) is 0 Å². The smallest absolute Gasteiger partial charge is 0.220 e. The molecule has 1 amide bonds. The van der Waals surface area contributed by atoms with Crippen molar-refractivity contribution >= 4 is 5.91 Å². The number of nitrogens with one attached hydrogen (secondary N) is 1. The van der Waals surface area contributed by atoms with Gasteiger partial charge >= 0.3 is 0 Å². The molecule has 3 atom stereocenters. The molecule has 1 aromatic heterocycles. The van der Waals surface area contributed by atoms with E-state index in [-0.39, 0.29) is 11.9 Å². The van der Waals surface area contributed by atoms with Crippen LogP contribution in [-0.4, -0.2) is 58.7 Å². The molecule has 0 aromatic carbocycles. The number of amides is 1. The Hall–Kier alpha value is -1.53. The largest absolute Gasteiger partial charge is 0.376 e. The van der Waals surface area contributed by atoms with Crippen molar-refractivity contribution in [2.75, 3.05) is 19.7 Å². The van der Waals surface area contributed by atoms with Crippen molar-refractivity contribution in [2.45, 2.75) is 44.4 Å². The fourth-order valence-electron chi connectivity index (χ4n) is 3.14. The van der Waals surface area contributed by atoms with Crippen LogP contribution in [0.25, 0.3) is 0 Å². The summed E-state index contributed by atoms with van der Waals surface area (Å²) in [5.41, 5.74) is 0.860. The van der Waals surface area contributed by atoms with Crippen molar-refractivity contribution in [2.24, 2.45) is 0 Å². The van der Waals surface area contributed by atoms with Crippen LogP contribution < -0.4 is 5.32 Å². The maximum Gasteiger partial charge on any atom is 0.220 e. The topological polar surface area (TPSA) is 67.4 Å². The number of aromatic nitrogens is 2. The molecular formula is C15H22N4O2. The van der Waals surface area contributed by atoms with Gasteiger partial charge < -0.3 is 10.1 Å². The van der Waals surface area contributed by atoms with E-state index in [0.29, 0.717) is 25.0 Å². The number of hydrogen-bond donors (Lipinski definition) is 1. The Kier molecular flexibility index (Phi) is 4.45. The predicted octanol–water partition coefficient (Wildman–Crippen LogP) is 0.387. The number of fused-ring (bicyclic) bond motifs is 1. The van der Waals surface area contributed by atoms with Gasteiger partial charge in [-0.05, 0) is 19.8 Å². The zero-order valence-corrected chi connectivity index (χ0v) is 12.4. The normalized spacial score (nSPS) is 29.1. The van der Waals surface area contributed by atoms with Crippen LogP contribution in [0.3, 0.4) is 0 Å². The fraction of sp³-hybridized carbons (Fsp3) is 0.667. The Balaban J connectivity index is 1.43. The molecule has 3 heterocycles. The highest BCUT2D eigenvalue weighted by molar-refractivity contribution is 5.76. The summed E-state index contributed by atoms with van der Waals surface area (Å²) < 4.78 is 5.68. The second-order valence-corrected chi connectivity index (χ2v) is 5.95. The standard InChI is InChI=1S/C15H22N4O2/c1-11-8-19-9-13(6-14(19)10-21-11)18-15(20)3-2-12-7-16-4-5-17-12/h4-5,7,11,13-14H,2-3,6,8-10H2,1H3,(H,18,20)/t11-,13-,14-/m0/s1. The molecule has 3 rings (SSSR count). The third-order valence-corrected chi connectivity index (χ3v) is 4.18. The van der Waals surface area contributed by atoms with Gasteiger partial charge in [-0.25, -0.2) is 0 Å². The first-order valence-corrected chi connectivity index (χ1v) is 7.60. The zero-order valence-electron chi connectivity index (χ0n) is 12.4. The number of carbonyl (C=O) groups is 1. The second kappa shape index (κ2) is 6.49. The molecule has 2 saturated heterocycles. The van der Waals surface area contributed by atoms with Gasteiger partial charge in [-0.3, -0.25) is 19.7 Å². The molecule has 0 saturated carbocycles. The first-order valence-electron chi connectivity index (χ1n) is 7.60. The lowest BCUT2D eigenvalue weighted by atomic mass is 10.1. The average molecular weight is 290 g/mol. The molecule has 1 aromatic rings. The van der Waals surface area contributed by atoms with E-state index in [0.717, 1.165) is 31.8 Å². The highest BCUT2D eigenvalue weighted by Gasteiger charge is 2.36. The molecule has 0 aliphatic carbocycles. The quantitative estimate of drug-likeness (QED) is 0.869. The third kappa shape index (κ3) is 3.77. The van der Waals surface area contributed by atoms with E-state index in [1.54, 1.807) is 18.6 Å². The maximum absolute atomic E-state index is 12.0. The fourth-order valence-corrected chi connectivity index (χ4v) is 3.14. The summed E-state index contributed by atoms with van der Waals surface area (Å²) in [7, 11) is 0. The van der Waals surface area contributed by atoms with Gasteiger partial charge in [0, 0.05) is 50.2 Å². The van der Waals surface area contributed by atoms with Crippen LogP contribution in [0.5, 0.6) is 0 Å². The molecule has 0 spiro atoms. The van der Waals surface area contributed by atoms with Crippen molar-refractivity contribution in [3.05, 3.63) is 24.3 Å². The molecule has 114 valence electrons. The van der Waals surface area contributed by atoms with Crippen molar-refractivity contribution in [1.82, 2.24) is 20.2 Å². The van der Waals surface area contributed by atoms with Gasteiger partial charge in [0.2, 0.25) is 5.91 Å². The molecule has 0 radical (unpaired) electrons. The van der Waals surface area contributed by atoms with Crippen LogP contribution in [0.1, 0.15) is 25.5 Å². The van der Waals surface area contributed by atoms with Crippen LogP contribution in [0.15, 0.2) is 18.6 Å². The minimum absolute atomic E-state index is 0.0967. The SMILES string of the molecule is C[C@H]1CN2C[C@@H](NC(=O)CCc3cnccn3)C[C@H]2CO1. The summed E-state index contributed by atoms with van der Waals surface area (Å²) in [5.74, 6) is 0.0967. The van der Waals surface area contributed by atoms with E-state index in [4.69, 9.17) is 4.74 Å². The summed E-state index contributed by atoms with van der Waals surface area (Å²) in [6.45, 7) is 4.79. The molecule has 21 heavy (non-hydrogen) atoms. The van der Waals surface area contributed by atoms with Crippen molar-refractivity contribution in [3.8, 4) is 0 Å². The van der Waals surface area contributed by atoms with E-state index < -0.39 is 0 Å². The molecule has 0 unspecified atom stereocenters. The number of morpholine rings is 1. The lowest BCUT2D eigenvalue weighted by Crippen LogP contribution is -2.45.